The highest BCUT2D eigenvalue weighted by molar-refractivity contribution is 7.99. The summed E-state index contributed by atoms with van der Waals surface area (Å²) in [5.41, 5.74) is 6.56. The molecular weight excluding hydrogens is 388 g/mol. The first-order valence-corrected chi connectivity index (χ1v) is 9.26. The number of non-ortho nitro benzene ring substituents is 1. The van der Waals surface area contributed by atoms with Gasteiger partial charge in [-0.05, 0) is 12.1 Å². The summed E-state index contributed by atoms with van der Waals surface area (Å²) in [6.07, 6.45) is -1.12. The van der Waals surface area contributed by atoms with E-state index in [2.05, 4.69) is 15.0 Å². The molecule has 4 rings (SSSR count). The van der Waals surface area contributed by atoms with Crippen LogP contribution < -0.4 is 5.73 Å². The fourth-order valence-corrected chi connectivity index (χ4v) is 3.96. The lowest BCUT2D eigenvalue weighted by Crippen LogP contribution is -2.32. The first-order chi connectivity index (χ1) is 13.5. The van der Waals surface area contributed by atoms with Crippen LogP contribution in [0.15, 0.2) is 41.8 Å². The second-order valence-corrected chi connectivity index (χ2v) is 7.28. The summed E-state index contributed by atoms with van der Waals surface area (Å²) >= 11 is 1.36. The lowest BCUT2D eigenvalue weighted by molar-refractivity contribution is -0.384. The van der Waals surface area contributed by atoms with E-state index in [9.17, 15) is 20.3 Å². The first-order valence-electron chi connectivity index (χ1n) is 8.27. The molecule has 12 heteroatoms. The summed E-state index contributed by atoms with van der Waals surface area (Å²) in [6.45, 7) is 0. The average molecular weight is 404 g/mol. The summed E-state index contributed by atoms with van der Waals surface area (Å²) in [5.74, 6) is 0.554. The van der Waals surface area contributed by atoms with E-state index in [-0.39, 0.29) is 11.5 Å². The molecule has 1 aliphatic rings. The molecule has 1 saturated heterocycles. The molecule has 0 unspecified atom stereocenters. The molecule has 3 heterocycles. The summed E-state index contributed by atoms with van der Waals surface area (Å²) in [6, 6.07) is 6.07. The fourth-order valence-electron chi connectivity index (χ4n) is 3.00. The number of nitro benzene ring substituents is 1. The number of aliphatic hydroxyl groups is 2. The van der Waals surface area contributed by atoms with Crippen LogP contribution in [0.2, 0.25) is 0 Å². The third-order valence-electron chi connectivity index (χ3n) is 4.46. The number of fused-ring (bicyclic) bond motifs is 1. The van der Waals surface area contributed by atoms with Crippen molar-refractivity contribution in [2.75, 3.05) is 11.5 Å². The highest BCUT2D eigenvalue weighted by atomic mass is 32.2. The average Bonchev–Trinajstić information content (AvgIpc) is 3.23. The molecule has 0 saturated carbocycles. The van der Waals surface area contributed by atoms with Crippen molar-refractivity contribution in [3.63, 3.8) is 0 Å². The van der Waals surface area contributed by atoms with Gasteiger partial charge in [0.2, 0.25) is 0 Å². The number of aliphatic hydroxyl groups excluding tert-OH is 2. The van der Waals surface area contributed by atoms with Crippen LogP contribution in [0.3, 0.4) is 0 Å². The Labute approximate surface area is 162 Å². The van der Waals surface area contributed by atoms with Crippen LogP contribution in [0.25, 0.3) is 11.2 Å². The van der Waals surface area contributed by atoms with Gasteiger partial charge in [0.05, 0.1) is 17.4 Å². The molecule has 2 aromatic heterocycles. The van der Waals surface area contributed by atoms with Gasteiger partial charge in [0.25, 0.3) is 5.69 Å². The van der Waals surface area contributed by atoms with E-state index in [1.807, 2.05) is 0 Å². The summed E-state index contributed by atoms with van der Waals surface area (Å²) in [5, 5.41) is 31.5. The number of nitrogens with zero attached hydrogens (tertiary/aromatic N) is 5. The van der Waals surface area contributed by atoms with Crippen molar-refractivity contribution in [3.05, 3.63) is 47.0 Å². The largest absolute Gasteiger partial charge is 0.387 e. The van der Waals surface area contributed by atoms with Gasteiger partial charge in [0.1, 0.15) is 24.1 Å². The van der Waals surface area contributed by atoms with E-state index in [0.29, 0.717) is 16.9 Å². The van der Waals surface area contributed by atoms with Gasteiger partial charge in [-0.3, -0.25) is 14.7 Å². The van der Waals surface area contributed by atoms with Crippen molar-refractivity contribution in [1.29, 1.82) is 0 Å². The Balaban J connectivity index is 1.48. The molecule has 1 aliphatic heterocycles. The van der Waals surface area contributed by atoms with Gasteiger partial charge in [-0.15, -0.1) is 11.8 Å². The highest BCUT2D eigenvalue weighted by Crippen LogP contribution is 2.34. The van der Waals surface area contributed by atoms with Crippen molar-refractivity contribution in [1.82, 2.24) is 19.5 Å². The number of rotatable bonds is 5. The first kappa shape index (κ1) is 18.6. The summed E-state index contributed by atoms with van der Waals surface area (Å²) in [4.78, 5) is 23.2. The molecule has 146 valence electrons. The maximum absolute atomic E-state index is 10.7. The number of benzene rings is 1. The smallest absolute Gasteiger partial charge is 0.269 e. The van der Waals surface area contributed by atoms with E-state index in [0.717, 1.165) is 4.90 Å². The Kier molecular flexibility index (Phi) is 4.85. The van der Waals surface area contributed by atoms with Crippen LogP contribution in [0.1, 0.15) is 6.23 Å². The topological polar surface area (TPSA) is 162 Å². The number of nitrogens with two attached hydrogens (primary N) is 1. The summed E-state index contributed by atoms with van der Waals surface area (Å²) in [7, 11) is 0. The minimum atomic E-state index is -1.18. The monoisotopic (exact) mass is 404 g/mol. The second-order valence-electron chi connectivity index (χ2n) is 6.19. The van der Waals surface area contributed by atoms with Crippen LogP contribution in [0.4, 0.5) is 11.5 Å². The van der Waals surface area contributed by atoms with E-state index >= 15 is 0 Å². The minimum Gasteiger partial charge on any atom is -0.387 e. The number of nitro groups is 1. The molecule has 3 aromatic rings. The number of anilines is 1. The number of imidazole rings is 1. The number of thioether (sulfide) groups is 1. The Bertz CT molecular complexity index is 1010. The molecule has 4 atom stereocenters. The van der Waals surface area contributed by atoms with Crippen LogP contribution in [0, 0.1) is 10.1 Å². The number of nitrogen functional groups attached to an aromatic ring is 1. The van der Waals surface area contributed by atoms with Crippen LogP contribution in [-0.2, 0) is 4.74 Å². The van der Waals surface area contributed by atoms with Crippen LogP contribution in [-0.4, -0.2) is 58.7 Å². The minimum absolute atomic E-state index is 0.00485. The van der Waals surface area contributed by atoms with Crippen LogP contribution in [0.5, 0.6) is 0 Å². The molecule has 0 radical (unpaired) electrons. The van der Waals surface area contributed by atoms with E-state index in [1.54, 1.807) is 12.1 Å². The molecule has 11 nitrogen and oxygen atoms in total. The zero-order valence-electron chi connectivity index (χ0n) is 14.3. The standard InChI is InChI=1S/C16H16N6O5S/c17-14-11-15(19-6-18-14)21(7-20-11)16-13(24)12(23)10(27-16)5-28-9-3-1-8(2-4-9)22(25)26/h1-4,6-7,10,12-13,16,23-24H,5H2,(H2,17,18,19)/t10-,12-,13-,16-/m1/s1. The summed E-state index contributed by atoms with van der Waals surface area (Å²) < 4.78 is 7.37. The zero-order valence-corrected chi connectivity index (χ0v) is 15.1. The van der Waals surface area contributed by atoms with E-state index in [1.165, 1.54) is 41.1 Å². The van der Waals surface area contributed by atoms with E-state index < -0.39 is 29.5 Å². The lowest BCUT2D eigenvalue weighted by Gasteiger charge is -2.16. The van der Waals surface area contributed by atoms with Gasteiger partial charge in [0.15, 0.2) is 17.7 Å². The number of ether oxygens (including phenoxy) is 1. The normalized spacial score (nSPS) is 24.6. The Hall–Kier alpha value is -2.80. The fraction of sp³-hybridized carbons (Fsp3) is 0.312. The van der Waals surface area contributed by atoms with Gasteiger partial charge >= 0.3 is 0 Å². The van der Waals surface area contributed by atoms with Gasteiger partial charge in [-0.1, -0.05) is 0 Å². The molecule has 0 spiro atoms. The highest BCUT2D eigenvalue weighted by Gasteiger charge is 2.44. The maximum Gasteiger partial charge on any atom is 0.269 e. The Morgan fingerprint density at radius 2 is 1.96 bits per heavy atom. The SMILES string of the molecule is Nc1ncnc2c1ncn2[C@@H]1O[C@H](CSc2ccc([N+](=O)[O-])cc2)[C@@H](O)[C@H]1O. The molecule has 4 N–H and O–H groups in total. The van der Waals surface area contributed by atoms with Gasteiger partial charge < -0.3 is 20.7 Å². The van der Waals surface area contributed by atoms with Crippen molar-refractivity contribution in [2.45, 2.75) is 29.4 Å². The predicted molar refractivity (Wildman–Crippen MR) is 99.5 cm³/mol. The third-order valence-corrected chi connectivity index (χ3v) is 5.56. The molecule has 1 fully saturated rings. The number of aromatic nitrogens is 4. The molecule has 0 bridgehead atoms. The van der Waals surface area contributed by atoms with Gasteiger partial charge in [-0.2, -0.15) is 0 Å². The number of hydrogen-bond acceptors (Lipinski definition) is 10. The van der Waals surface area contributed by atoms with Crippen molar-refractivity contribution in [2.24, 2.45) is 0 Å². The predicted octanol–water partition coefficient (Wildman–Crippen LogP) is 0.728. The molecule has 0 aliphatic carbocycles. The van der Waals surface area contributed by atoms with Crippen molar-refractivity contribution in [3.8, 4) is 0 Å². The lowest BCUT2D eigenvalue weighted by atomic mass is 10.1. The quantitative estimate of drug-likeness (QED) is 0.314. The Morgan fingerprint density at radius 3 is 2.68 bits per heavy atom. The molecular formula is C16H16N6O5S. The Morgan fingerprint density at radius 1 is 1.21 bits per heavy atom. The molecule has 28 heavy (non-hydrogen) atoms. The maximum atomic E-state index is 10.7. The second kappa shape index (κ2) is 7.31. The number of hydrogen-bond donors (Lipinski definition) is 3. The van der Waals surface area contributed by atoms with Gasteiger partial charge in [-0.25, -0.2) is 15.0 Å². The third kappa shape index (κ3) is 3.26. The molecule has 1 aromatic carbocycles. The van der Waals surface area contributed by atoms with Crippen molar-refractivity contribution >= 4 is 34.4 Å². The van der Waals surface area contributed by atoms with Crippen molar-refractivity contribution < 1.29 is 19.9 Å². The molecule has 0 amide bonds. The zero-order chi connectivity index (χ0) is 19.8. The van der Waals surface area contributed by atoms with E-state index in [4.69, 9.17) is 10.5 Å². The van der Waals surface area contributed by atoms with Gasteiger partial charge in [0, 0.05) is 22.8 Å². The van der Waals surface area contributed by atoms with Crippen LogP contribution >= 0.6 is 11.8 Å².